The summed E-state index contributed by atoms with van der Waals surface area (Å²) in [5.74, 6) is 2.01. The van der Waals surface area contributed by atoms with E-state index < -0.39 is 0 Å². The predicted molar refractivity (Wildman–Crippen MR) is 41.0 cm³/mol. The van der Waals surface area contributed by atoms with Gasteiger partial charge in [0.1, 0.15) is 0 Å². The minimum atomic E-state index is 0.647. The van der Waals surface area contributed by atoms with Crippen LogP contribution in [0.15, 0.2) is 23.8 Å². The van der Waals surface area contributed by atoms with Gasteiger partial charge < -0.3 is 0 Å². The van der Waals surface area contributed by atoms with Gasteiger partial charge >= 0.3 is 0 Å². The third-order valence-corrected chi connectivity index (χ3v) is 1.82. The van der Waals surface area contributed by atoms with Gasteiger partial charge in [-0.2, -0.15) is 0 Å². The first-order valence-corrected chi connectivity index (χ1v) is 3.40. The first-order chi connectivity index (χ1) is 4.20. The van der Waals surface area contributed by atoms with Crippen LogP contribution in [0.25, 0.3) is 0 Å². The van der Waals surface area contributed by atoms with Crippen molar-refractivity contribution in [2.75, 3.05) is 0 Å². The Labute approximate surface area is 57.3 Å². The van der Waals surface area contributed by atoms with E-state index in [2.05, 4.69) is 39.0 Å². The van der Waals surface area contributed by atoms with E-state index in [1.807, 2.05) is 0 Å². The van der Waals surface area contributed by atoms with E-state index in [1.54, 1.807) is 0 Å². The molecule has 0 aromatic rings. The molecule has 0 spiro atoms. The highest BCUT2D eigenvalue weighted by Gasteiger charge is 2.06. The molecular formula is C9H13. The highest BCUT2D eigenvalue weighted by Crippen LogP contribution is 2.21. The summed E-state index contributed by atoms with van der Waals surface area (Å²) >= 11 is 0. The molecule has 9 heavy (non-hydrogen) atoms. The van der Waals surface area contributed by atoms with Crippen LogP contribution in [0.4, 0.5) is 0 Å². The van der Waals surface area contributed by atoms with Gasteiger partial charge in [-0.15, -0.1) is 0 Å². The second kappa shape index (κ2) is 2.38. The van der Waals surface area contributed by atoms with Gasteiger partial charge in [-0.25, -0.2) is 0 Å². The summed E-state index contributed by atoms with van der Waals surface area (Å²) in [5, 5.41) is 0. The molecule has 0 heterocycles. The largest absolute Gasteiger partial charge is 0.0807 e. The van der Waals surface area contributed by atoms with Crippen molar-refractivity contribution in [3.05, 3.63) is 29.7 Å². The van der Waals surface area contributed by atoms with E-state index >= 15 is 0 Å². The normalized spacial score (nSPS) is 28.3. The fourth-order valence-corrected chi connectivity index (χ4v) is 0.987. The second-order valence-electron chi connectivity index (χ2n) is 2.78. The average Bonchev–Trinajstić information content (AvgIpc) is 1.80. The zero-order chi connectivity index (χ0) is 6.85. The standard InChI is InChI=1S/C9H13/c1-7-4-5-8(2)9(3)6-7/h4-6,8H,1-3H3. The first-order valence-electron chi connectivity index (χ1n) is 3.40. The molecule has 1 unspecified atom stereocenters. The van der Waals surface area contributed by atoms with Crippen LogP contribution in [-0.4, -0.2) is 0 Å². The molecular weight excluding hydrogens is 108 g/mol. The van der Waals surface area contributed by atoms with Crippen molar-refractivity contribution in [1.82, 2.24) is 0 Å². The summed E-state index contributed by atoms with van der Waals surface area (Å²) in [6.07, 6.45) is 6.66. The molecule has 0 amide bonds. The average molecular weight is 121 g/mol. The molecule has 1 atom stereocenters. The quantitative estimate of drug-likeness (QED) is 0.462. The van der Waals surface area contributed by atoms with E-state index in [9.17, 15) is 0 Å². The summed E-state index contributed by atoms with van der Waals surface area (Å²) in [7, 11) is 0. The van der Waals surface area contributed by atoms with Crippen LogP contribution in [0.5, 0.6) is 0 Å². The lowest BCUT2D eigenvalue weighted by atomic mass is 9.92. The van der Waals surface area contributed by atoms with Crippen LogP contribution in [0.2, 0.25) is 0 Å². The van der Waals surface area contributed by atoms with Crippen molar-refractivity contribution >= 4 is 0 Å². The van der Waals surface area contributed by atoms with E-state index in [0.717, 1.165) is 0 Å². The van der Waals surface area contributed by atoms with Gasteiger partial charge in [0.15, 0.2) is 0 Å². The Kier molecular flexibility index (Phi) is 1.75. The van der Waals surface area contributed by atoms with Crippen LogP contribution in [0, 0.1) is 11.8 Å². The van der Waals surface area contributed by atoms with Gasteiger partial charge in [0.05, 0.1) is 0 Å². The highest BCUT2D eigenvalue weighted by molar-refractivity contribution is 5.31. The van der Waals surface area contributed by atoms with Crippen molar-refractivity contribution in [2.24, 2.45) is 5.92 Å². The van der Waals surface area contributed by atoms with E-state index in [4.69, 9.17) is 0 Å². The molecule has 0 N–H and O–H groups in total. The van der Waals surface area contributed by atoms with Crippen LogP contribution in [0.1, 0.15) is 20.8 Å². The molecule has 1 radical (unpaired) electrons. The summed E-state index contributed by atoms with van der Waals surface area (Å²) in [6, 6.07) is 0. The minimum absolute atomic E-state index is 0.647. The molecule has 0 aromatic heterocycles. The molecule has 49 valence electrons. The van der Waals surface area contributed by atoms with Crippen molar-refractivity contribution in [3.63, 3.8) is 0 Å². The Morgan fingerprint density at radius 1 is 1.33 bits per heavy atom. The predicted octanol–water partition coefficient (Wildman–Crippen LogP) is 2.73. The van der Waals surface area contributed by atoms with E-state index in [0.29, 0.717) is 5.92 Å². The SMILES string of the molecule is C[C]1C=CC(C)C(C)=C1. The lowest BCUT2D eigenvalue weighted by Gasteiger charge is -2.14. The summed E-state index contributed by atoms with van der Waals surface area (Å²) in [6.45, 7) is 6.53. The maximum absolute atomic E-state index is 2.24. The Morgan fingerprint density at radius 3 is 2.44 bits per heavy atom. The molecule has 0 aliphatic heterocycles. The molecule has 0 aromatic carbocycles. The molecule has 0 heteroatoms. The third kappa shape index (κ3) is 1.44. The molecule has 1 aliphatic carbocycles. The van der Waals surface area contributed by atoms with Crippen LogP contribution < -0.4 is 0 Å². The monoisotopic (exact) mass is 121 g/mol. The molecule has 0 fully saturated rings. The molecule has 0 bridgehead atoms. The van der Waals surface area contributed by atoms with Gasteiger partial charge in [0, 0.05) is 5.92 Å². The molecule has 1 aliphatic rings. The van der Waals surface area contributed by atoms with Gasteiger partial charge in [-0.3, -0.25) is 0 Å². The molecule has 0 saturated carbocycles. The molecule has 1 rings (SSSR count). The number of rotatable bonds is 0. The fourth-order valence-electron chi connectivity index (χ4n) is 0.987. The number of hydrogen-bond donors (Lipinski definition) is 0. The van der Waals surface area contributed by atoms with Gasteiger partial charge in [0.25, 0.3) is 0 Å². The van der Waals surface area contributed by atoms with E-state index in [-0.39, 0.29) is 0 Å². The highest BCUT2D eigenvalue weighted by atomic mass is 14.1. The minimum Gasteiger partial charge on any atom is -0.0807 e. The lowest BCUT2D eigenvalue weighted by Crippen LogP contribution is -1.99. The van der Waals surface area contributed by atoms with Crippen molar-refractivity contribution in [2.45, 2.75) is 20.8 Å². The van der Waals surface area contributed by atoms with Crippen molar-refractivity contribution < 1.29 is 0 Å². The molecule has 0 nitrogen and oxygen atoms in total. The summed E-state index contributed by atoms with van der Waals surface area (Å²) in [5.41, 5.74) is 1.47. The van der Waals surface area contributed by atoms with Crippen molar-refractivity contribution in [3.8, 4) is 0 Å². The third-order valence-electron chi connectivity index (χ3n) is 1.82. The van der Waals surface area contributed by atoms with E-state index in [1.165, 1.54) is 11.5 Å². The van der Waals surface area contributed by atoms with Crippen LogP contribution in [0.3, 0.4) is 0 Å². The lowest BCUT2D eigenvalue weighted by molar-refractivity contribution is 0.840. The van der Waals surface area contributed by atoms with Crippen LogP contribution in [-0.2, 0) is 0 Å². The van der Waals surface area contributed by atoms with Gasteiger partial charge in [-0.05, 0) is 12.8 Å². The molecule has 0 saturated heterocycles. The topological polar surface area (TPSA) is 0 Å². The Balaban J connectivity index is 2.70. The Hall–Kier alpha value is -0.520. The summed E-state index contributed by atoms with van der Waals surface area (Å²) in [4.78, 5) is 0. The maximum Gasteiger partial charge on any atom is 0.0159 e. The zero-order valence-electron chi connectivity index (χ0n) is 6.31. The smallest absolute Gasteiger partial charge is 0.0159 e. The maximum atomic E-state index is 2.24. The summed E-state index contributed by atoms with van der Waals surface area (Å²) < 4.78 is 0. The van der Waals surface area contributed by atoms with Gasteiger partial charge in [0.2, 0.25) is 0 Å². The zero-order valence-corrected chi connectivity index (χ0v) is 6.31. The fraction of sp³-hybridized carbons (Fsp3) is 0.444. The second-order valence-corrected chi connectivity index (χ2v) is 2.78. The van der Waals surface area contributed by atoms with Crippen molar-refractivity contribution in [1.29, 1.82) is 0 Å². The number of hydrogen-bond acceptors (Lipinski definition) is 0. The first kappa shape index (κ1) is 6.60. The van der Waals surface area contributed by atoms with Crippen LogP contribution >= 0.6 is 0 Å². The Morgan fingerprint density at radius 2 is 2.00 bits per heavy atom. The Bertz CT molecular complexity index is 151. The van der Waals surface area contributed by atoms with Gasteiger partial charge in [-0.1, -0.05) is 37.6 Å². The number of allylic oxidation sites excluding steroid dienone is 4.